The average Bonchev–Trinajstić information content (AvgIpc) is 2.87. The summed E-state index contributed by atoms with van der Waals surface area (Å²) >= 11 is 0. The Morgan fingerprint density at radius 3 is 2.95 bits per heavy atom. The lowest BCUT2D eigenvalue weighted by molar-refractivity contribution is -0.145. The molecule has 6 nitrogen and oxygen atoms in total. The van der Waals surface area contributed by atoms with E-state index in [9.17, 15) is 14.7 Å². The molecule has 1 fully saturated rings. The van der Waals surface area contributed by atoms with Gasteiger partial charge in [0.05, 0.1) is 23.2 Å². The van der Waals surface area contributed by atoms with E-state index in [-0.39, 0.29) is 5.91 Å². The lowest BCUT2D eigenvalue weighted by atomic mass is 9.74. The van der Waals surface area contributed by atoms with Gasteiger partial charge in [0.15, 0.2) is 0 Å². The van der Waals surface area contributed by atoms with Crippen LogP contribution in [0.25, 0.3) is 0 Å². The van der Waals surface area contributed by atoms with Crippen LogP contribution in [0, 0.1) is 5.92 Å². The van der Waals surface area contributed by atoms with E-state index >= 15 is 0 Å². The molecule has 116 valence electrons. The summed E-state index contributed by atoms with van der Waals surface area (Å²) in [6.45, 7) is 4.64. The zero-order valence-corrected chi connectivity index (χ0v) is 12.6. The number of amides is 1. The van der Waals surface area contributed by atoms with Crippen molar-refractivity contribution in [2.45, 2.75) is 58.0 Å². The first-order chi connectivity index (χ1) is 9.96. The highest BCUT2D eigenvalue weighted by Gasteiger charge is 2.42. The number of aryl methyl sites for hydroxylation is 1. The summed E-state index contributed by atoms with van der Waals surface area (Å²) in [6, 6.07) is 0. The smallest absolute Gasteiger partial charge is 0.308 e. The van der Waals surface area contributed by atoms with Crippen molar-refractivity contribution in [2.75, 3.05) is 0 Å². The summed E-state index contributed by atoms with van der Waals surface area (Å²) in [5.74, 6) is -1.60. The van der Waals surface area contributed by atoms with Gasteiger partial charge >= 0.3 is 5.97 Å². The van der Waals surface area contributed by atoms with Crippen molar-refractivity contribution in [3.63, 3.8) is 0 Å². The van der Waals surface area contributed by atoms with Crippen LogP contribution in [0.4, 0.5) is 0 Å². The van der Waals surface area contributed by atoms with E-state index in [4.69, 9.17) is 0 Å². The lowest BCUT2D eigenvalue weighted by Gasteiger charge is -2.39. The molecule has 1 aliphatic carbocycles. The summed E-state index contributed by atoms with van der Waals surface area (Å²) in [5.41, 5.74) is -0.201. The molecule has 1 aromatic rings. The highest BCUT2D eigenvalue weighted by molar-refractivity contribution is 5.94. The van der Waals surface area contributed by atoms with Gasteiger partial charge in [-0.1, -0.05) is 19.8 Å². The van der Waals surface area contributed by atoms with Crippen molar-refractivity contribution >= 4 is 11.9 Å². The van der Waals surface area contributed by atoms with Gasteiger partial charge in [0, 0.05) is 12.7 Å². The van der Waals surface area contributed by atoms with E-state index in [1.54, 1.807) is 10.9 Å². The van der Waals surface area contributed by atoms with Crippen LogP contribution in [0.1, 0.15) is 56.3 Å². The number of rotatable bonds is 5. The Labute approximate surface area is 124 Å². The zero-order chi connectivity index (χ0) is 15.5. The van der Waals surface area contributed by atoms with E-state index < -0.39 is 17.4 Å². The molecule has 1 saturated carbocycles. The Kier molecular flexibility index (Phi) is 4.65. The van der Waals surface area contributed by atoms with Crippen LogP contribution in [0.5, 0.6) is 0 Å². The van der Waals surface area contributed by atoms with Crippen LogP contribution in [-0.2, 0) is 11.3 Å². The maximum atomic E-state index is 12.3. The van der Waals surface area contributed by atoms with E-state index in [2.05, 4.69) is 10.4 Å². The van der Waals surface area contributed by atoms with Crippen molar-refractivity contribution in [2.24, 2.45) is 5.92 Å². The van der Waals surface area contributed by atoms with Gasteiger partial charge in [0.25, 0.3) is 5.91 Å². The van der Waals surface area contributed by atoms with Crippen molar-refractivity contribution in [3.8, 4) is 0 Å². The Bertz CT molecular complexity index is 526. The Morgan fingerprint density at radius 2 is 2.29 bits per heavy atom. The monoisotopic (exact) mass is 293 g/mol. The summed E-state index contributed by atoms with van der Waals surface area (Å²) in [4.78, 5) is 23.8. The van der Waals surface area contributed by atoms with E-state index in [0.717, 1.165) is 25.8 Å². The number of aromatic nitrogens is 2. The first kappa shape index (κ1) is 15.5. The van der Waals surface area contributed by atoms with Gasteiger partial charge in [-0.15, -0.1) is 0 Å². The summed E-state index contributed by atoms with van der Waals surface area (Å²) < 4.78 is 1.73. The maximum absolute atomic E-state index is 12.3. The van der Waals surface area contributed by atoms with Gasteiger partial charge < -0.3 is 10.4 Å². The second kappa shape index (κ2) is 6.28. The fourth-order valence-corrected chi connectivity index (χ4v) is 3.04. The molecule has 0 aliphatic heterocycles. The maximum Gasteiger partial charge on any atom is 0.308 e. The molecule has 2 unspecified atom stereocenters. The number of aliphatic carboxylic acids is 1. The summed E-state index contributed by atoms with van der Waals surface area (Å²) in [7, 11) is 0. The molecule has 0 spiro atoms. The predicted octanol–water partition coefficient (Wildman–Crippen LogP) is 2.06. The second-order valence-corrected chi connectivity index (χ2v) is 6.00. The van der Waals surface area contributed by atoms with E-state index in [1.807, 2.05) is 13.8 Å². The van der Waals surface area contributed by atoms with Crippen LogP contribution < -0.4 is 5.32 Å². The normalized spacial score (nSPS) is 25.5. The molecular weight excluding hydrogens is 270 g/mol. The molecular formula is C15H23N3O3. The molecule has 1 heterocycles. The Hall–Kier alpha value is -1.85. The van der Waals surface area contributed by atoms with Crippen LogP contribution in [-0.4, -0.2) is 32.3 Å². The van der Waals surface area contributed by atoms with Crippen LogP contribution in [0.15, 0.2) is 12.4 Å². The van der Waals surface area contributed by atoms with E-state index in [0.29, 0.717) is 18.4 Å². The number of nitrogens with zero attached hydrogens (tertiary/aromatic N) is 2. The number of carboxylic acids is 1. The first-order valence-corrected chi connectivity index (χ1v) is 7.54. The van der Waals surface area contributed by atoms with Crippen molar-refractivity contribution in [1.29, 1.82) is 0 Å². The third-order valence-electron chi connectivity index (χ3n) is 4.25. The van der Waals surface area contributed by atoms with Gasteiger partial charge in [-0.05, 0) is 26.2 Å². The largest absolute Gasteiger partial charge is 0.481 e. The van der Waals surface area contributed by atoms with E-state index in [1.165, 1.54) is 6.20 Å². The topological polar surface area (TPSA) is 84.2 Å². The van der Waals surface area contributed by atoms with Crippen LogP contribution in [0.3, 0.4) is 0 Å². The molecule has 21 heavy (non-hydrogen) atoms. The number of carbonyl (C=O) groups is 2. The number of hydrogen-bond acceptors (Lipinski definition) is 3. The van der Waals surface area contributed by atoms with Gasteiger partial charge in [-0.3, -0.25) is 14.3 Å². The molecule has 2 N–H and O–H groups in total. The molecule has 1 aliphatic rings. The molecule has 6 heteroatoms. The molecule has 2 rings (SSSR count). The minimum absolute atomic E-state index is 0.243. The average molecular weight is 293 g/mol. The highest BCUT2D eigenvalue weighted by Crippen LogP contribution is 2.34. The molecule has 1 amide bonds. The fourth-order valence-electron chi connectivity index (χ4n) is 3.04. The zero-order valence-electron chi connectivity index (χ0n) is 12.6. The minimum Gasteiger partial charge on any atom is -0.481 e. The number of hydrogen-bond donors (Lipinski definition) is 2. The molecule has 0 saturated heterocycles. The quantitative estimate of drug-likeness (QED) is 0.870. The highest BCUT2D eigenvalue weighted by atomic mass is 16.4. The van der Waals surface area contributed by atoms with Crippen molar-refractivity contribution < 1.29 is 14.7 Å². The van der Waals surface area contributed by atoms with Crippen LogP contribution in [0.2, 0.25) is 0 Å². The predicted molar refractivity (Wildman–Crippen MR) is 78.0 cm³/mol. The van der Waals surface area contributed by atoms with Gasteiger partial charge in [0.2, 0.25) is 0 Å². The Balaban J connectivity index is 2.10. The number of carboxylic acid groups (broad SMARTS) is 1. The first-order valence-electron chi connectivity index (χ1n) is 7.54. The minimum atomic E-state index is -0.834. The molecule has 0 radical (unpaired) electrons. The number of nitrogens with one attached hydrogen (secondary N) is 1. The third-order valence-corrected chi connectivity index (χ3v) is 4.25. The van der Waals surface area contributed by atoms with Crippen LogP contribution >= 0.6 is 0 Å². The van der Waals surface area contributed by atoms with Gasteiger partial charge in [-0.25, -0.2) is 0 Å². The SMILES string of the molecule is CCCn1cc(C(=O)NC2(C)CCCCC2C(=O)O)cn1. The second-order valence-electron chi connectivity index (χ2n) is 6.00. The third kappa shape index (κ3) is 3.43. The standard InChI is InChI=1S/C15H23N3O3/c1-3-8-18-10-11(9-16-18)13(19)17-15(2)7-5-4-6-12(15)14(20)21/h9-10,12H,3-8H2,1-2H3,(H,17,19)(H,20,21). The van der Waals surface area contributed by atoms with Crippen molar-refractivity contribution in [3.05, 3.63) is 18.0 Å². The summed E-state index contributed by atoms with van der Waals surface area (Å²) in [5, 5.41) is 16.4. The number of carbonyl (C=O) groups excluding carboxylic acids is 1. The fraction of sp³-hybridized carbons (Fsp3) is 0.667. The van der Waals surface area contributed by atoms with Gasteiger partial charge in [0.1, 0.15) is 0 Å². The Morgan fingerprint density at radius 1 is 1.52 bits per heavy atom. The molecule has 2 atom stereocenters. The lowest BCUT2D eigenvalue weighted by Crippen LogP contribution is -2.55. The molecule has 1 aromatic heterocycles. The van der Waals surface area contributed by atoms with Crippen molar-refractivity contribution in [1.82, 2.24) is 15.1 Å². The van der Waals surface area contributed by atoms with Gasteiger partial charge in [-0.2, -0.15) is 5.10 Å². The summed E-state index contributed by atoms with van der Waals surface area (Å²) in [6.07, 6.45) is 7.34. The molecule has 0 bridgehead atoms. The molecule has 0 aromatic carbocycles.